The van der Waals surface area contributed by atoms with E-state index in [-0.39, 0.29) is 23.9 Å². The summed E-state index contributed by atoms with van der Waals surface area (Å²) in [5, 5.41) is 2.92. The summed E-state index contributed by atoms with van der Waals surface area (Å²) in [5.74, 6) is -0.203. The van der Waals surface area contributed by atoms with Crippen LogP contribution in [0.15, 0.2) is 24.5 Å². The summed E-state index contributed by atoms with van der Waals surface area (Å²) in [4.78, 5) is 15.8. The third-order valence-corrected chi connectivity index (χ3v) is 2.75. The van der Waals surface area contributed by atoms with Crippen LogP contribution in [0.5, 0.6) is 0 Å². The molecule has 3 atom stereocenters. The smallest absolute Gasteiger partial charge is 0.224 e. The molecule has 1 aromatic rings. The number of hydrogen-bond acceptors (Lipinski definition) is 3. The van der Waals surface area contributed by atoms with Crippen LogP contribution in [0.2, 0.25) is 0 Å². The molecule has 4 nitrogen and oxygen atoms in total. The number of nitrogens with zero attached hydrogens (tertiary/aromatic N) is 1. The quantitative estimate of drug-likeness (QED) is 0.803. The van der Waals surface area contributed by atoms with Crippen LogP contribution in [0.4, 0.5) is 0 Å². The Morgan fingerprint density at radius 3 is 2.62 bits per heavy atom. The lowest BCUT2D eigenvalue weighted by atomic mass is 10.0. The van der Waals surface area contributed by atoms with Crippen molar-refractivity contribution < 1.29 is 4.79 Å². The van der Waals surface area contributed by atoms with Gasteiger partial charge in [-0.25, -0.2) is 0 Å². The minimum Gasteiger partial charge on any atom is -0.349 e. The molecule has 1 rings (SSSR count). The molecular weight excluding hydrogens is 202 g/mol. The fourth-order valence-electron chi connectivity index (χ4n) is 1.30. The maximum Gasteiger partial charge on any atom is 0.224 e. The molecule has 0 aromatic carbocycles. The van der Waals surface area contributed by atoms with Crippen molar-refractivity contribution in [1.82, 2.24) is 10.3 Å². The van der Waals surface area contributed by atoms with Crippen molar-refractivity contribution in [2.45, 2.75) is 32.9 Å². The Hall–Kier alpha value is -1.42. The summed E-state index contributed by atoms with van der Waals surface area (Å²) in [6.45, 7) is 5.60. The monoisotopic (exact) mass is 221 g/mol. The van der Waals surface area contributed by atoms with E-state index < -0.39 is 0 Å². The number of carbonyl (C=O) groups excluding carboxylic acids is 1. The van der Waals surface area contributed by atoms with Gasteiger partial charge in [0.2, 0.25) is 5.91 Å². The first-order valence-corrected chi connectivity index (χ1v) is 5.48. The van der Waals surface area contributed by atoms with E-state index in [1.54, 1.807) is 12.4 Å². The lowest BCUT2D eigenvalue weighted by Crippen LogP contribution is -2.39. The number of nitrogens with two attached hydrogens (primary N) is 1. The highest BCUT2D eigenvalue weighted by atomic mass is 16.1. The molecule has 0 aliphatic rings. The molecule has 2 unspecified atom stereocenters. The first-order chi connectivity index (χ1) is 7.52. The van der Waals surface area contributed by atoms with Crippen molar-refractivity contribution in [3.05, 3.63) is 30.1 Å². The van der Waals surface area contributed by atoms with E-state index in [0.717, 1.165) is 5.56 Å². The second-order valence-corrected chi connectivity index (χ2v) is 4.16. The van der Waals surface area contributed by atoms with E-state index in [9.17, 15) is 4.79 Å². The van der Waals surface area contributed by atoms with Gasteiger partial charge in [0.25, 0.3) is 0 Å². The lowest BCUT2D eigenvalue weighted by molar-refractivity contribution is -0.125. The molecule has 0 aliphatic heterocycles. The van der Waals surface area contributed by atoms with E-state index in [4.69, 9.17) is 5.73 Å². The fraction of sp³-hybridized carbons (Fsp3) is 0.500. The van der Waals surface area contributed by atoms with E-state index in [2.05, 4.69) is 10.3 Å². The molecule has 1 aromatic heterocycles. The van der Waals surface area contributed by atoms with Gasteiger partial charge in [0.05, 0.1) is 6.04 Å². The number of amides is 1. The zero-order valence-corrected chi connectivity index (χ0v) is 9.97. The summed E-state index contributed by atoms with van der Waals surface area (Å²) in [5.41, 5.74) is 6.67. The SMILES string of the molecule is CC(N)C(C)C(=O)N[C@H](C)c1cccnc1. The summed E-state index contributed by atoms with van der Waals surface area (Å²) in [6.07, 6.45) is 3.46. The Morgan fingerprint density at radius 2 is 2.12 bits per heavy atom. The second-order valence-electron chi connectivity index (χ2n) is 4.16. The van der Waals surface area contributed by atoms with Gasteiger partial charge in [-0.3, -0.25) is 9.78 Å². The molecule has 0 fully saturated rings. The normalized spacial score (nSPS) is 16.2. The maximum atomic E-state index is 11.8. The Balaban J connectivity index is 2.58. The third-order valence-electron chi connectivity index (χ3n) is 2.75. The molecule has 88 valence electrons. The Bertz CT molecular complexity index is 337. The molecule has 0 saturated heterocycles. The van der Waals surface area contributed by atoms with Crippen LogP contribution in [-0.4, -0.2) is 16.9 Å². The van der Waals surface area contributed by atoms with Gasteiger partial charge in [0.1, 0.15) is 0 Å². The molecule has 0 radical (unpaired) electrons. The van der Waals surface area contributed by atoms with Gasteiger partial charge in [-0.15, -0.1) is 0 Å². The predicted molar refractivity (Wildman–Crippen MR) is 63.6 cm³/mol. The first kappa shape index (κ1) is 12.6. The van der Waals surface area contributed by atoms with Crippen molar-refractivity contribution in [3.63, 3.8) is 0 Å². The number of hydrogen-bond donors (Lipinski definition) is 2. The highest BCUT2D eigenvalue weighted by Gasteiger charge is 2.19. The molecular formula is C12H19N3O. The minimum absolute atomic E-state index is 0.0219. The largest absolute Gasteiger partial charge is 0.349 e. The van der Waals surface area contributed by atoms with E-state index in [1.807, 2.05) is 32.9 Å². The van der Waals surface area contributed by atoms with E-state index >= 15 is 0 Å². The molecule has 3 N–H and O–H groups in total. The molecule has 1 amide bonds. The van der Waals surface area contributed by atoms with Crippen LogP contribution >= 0.6 is 0 Å². The van der Waals surface area contributed by atoms with Gasteiger partial charge in [-0.2, -0.15) is 0 Å². The van der Waals surface area contributed by atoms with Gasteiger partial charge in [-0.1, -0.05) is 13.0 Å². The van der Waals surface area contributed by atoms with Crippen molar-refractivity contribution >= 4 is 5.91 Å². The minimum atomic E-state index is -0.181. The maximum absolute atomic E-state index is 11.8. The molecule has 0 saturated carbocycles. The highest BCUT2D eigenvalue weighted by molar-refractivity contribution is 5.79. The van der Waals surface area contributed by atoms with Crippen LogP contribution < -0.4 is 11.1 Å². The van der Waals surface area contributed by atoms with Gasteiger partial charge in [0.15, 0.2) is 0 Å². The highest BCUT2D eigenvalue weighted by Crippen LogP contribution is 2.11. The number of nitrogens with one attached hydrogen (secondary N) is 1. The molecule has 0 spiro atoms. The standard InChI is InChI=1S/C12H19N3O/c1-8(9(2)13)12(16)15-10(3)11-5-4-6-14-7-11/h4-10H,13H2,1-3H3,(H,15,16)/t8?,9?,10-/m1/s1. The number of carbonyl (C=O) groups is 1. The van der Waals surface area contributed by atoms with Crippen molar-refractivity contribution in [3.8, 4) is 0 Å². The molecule has 0 aliphatic carbocycles. The third kappa shape index (κ3) is 3.31. The van der Waals surface area contributed by atoms with Crippen molar-refractivity contribution in [1.29, 1.82) is 0 Å². The number of rotatable bonds is 4. The van der Waals surface area contributed by atoms with Gasteiger partial charge in [-0.05, 0) is 25.5 Å². The zero-order chi connectivity index (χ0) is 12.1. The predicted octanol–water partition coefficient (Wildman–Crippen LogP) is 1.24. The number of aromatic nitrogens is 1. The van der Waals surface area contributed by atoms with Crippen LogP contribution in [-0.2, 0) is 4.79 Å². The Kier molecular flexibility index (Phi) is 4.43. The van der Waals surface area contributed by atoms with Crippen LogP contribution in [0.3, 0.4) is 0 Å². The zero-order valence-electron chi connectivity index (χ0n) is 9.97. The molecule has 1 heterocycles. The number of pyridine rings is 1. The fourth-order valence-corrected chi connectivity index (χ4v) is 1.30. The average Bonchev–Trinajstić information content (AvgIpc) is 2.28. The van der Waals surface area contributed by atoms with Crippen molar-refractivity contribution in [2.75, 3.05) is 0 Å². The Morgan fingerprint density at radius 1 is 1.44 bits per heavy atom. The van der Waals surface area contributed by atoms with E-state index in [1.165, 1.54) is 0 Å². The van der Waals surface area contributed by atoms with Gasteiger partial charge in [0, 0.05) is 24.4 Å². The Labute approximate surface area is 96.3 Å². The van der Waals surface area contributed by atoms with Crippen LogP contribution in [0.1, 0.15) is 32.4 Å². The van der Waals surface area contributed by atoms with Gasteiger partial charge >= 0.3 is 0 Å². The van der Waals surface area contributed by atoms with Crippen LogP contribution in [0.25, 0.3) is 0 Å². The first-order valence-electron chi connectivity index (χ1n) is 5.48. The summed E-state index contributed by atoms with van der Waals surface area (Å²) in [7, 11) is 0. The summed E-state index contributed by atoms with van der Waals surface area (Å²) in [6, 6.07) is 3.62. The molecule has 0 bridgehead atoms. The molecule has 4 heteroatoms. The molecule has 16 heavy (non-hydrogen) atoms. The summed E-state index contributed by atoms with van der Waals surface area (Å²) >= 11 is 0. The second kappa shape index (κ2) is 5.61. The topological polar surface area (TPSA) is 68.0 Å². The van der Waals surface area contributed by atoms with Crippen LogP contribution in [0, 0.1) is 5.92 Å². The summed E-state index contributed by atoms with van der Waals surface area (Å²) < 4.78 is 0. The van der Waals surface area contributed by atoms with Gasteiger partial charge < -0.3 is 11.1 Å². The lowest BCUT2D eigenvalue weighted by Gasteiger charge is -2.19. The average molecular weight is 221 g/mol. The van der Waals surface area contributed by atoms with Crippen molar-refractivity contribution in [2.24, 2.45) is 11.7 Å². The van der Waals surface area contributed by atoms with E-state index in [0.29, 0.717) is 0 Å².